The van der Waals surface area contributed by atoms with Gasteiger partial charge in [-0.15, -0.1) is 10.2 Å². The predicted molar refractivity (Wildman–Crippen MR) is 160 cm³/mol. The molecule has 0 N–H and O–H groups in total. The van der Waals surface area contributed by atoms with Gasteiger partial charge in [-0.25, -0.2) is 0 Å². The van der Waals surface area contributed by atoms with E-state index in [1.54, 1.807) is 24.0 Å². The van der Waals surface area contributed by atoms with Gasteiger partial charge in [-0.3, -0.25) is 14.2 Å². The lowest BCUT2D eigenvalue weighted by Gasteiger charge is -2.39. The Morgan fingerprint density at radius 2 is 1.60 bits per heavy atom. The maximum Gasteiger partial charge on any atom is 0.260 e. The van der Waals surface area contributed by atoms with Crippen LogP contribution >= 0.6 is 11.8 Å². The summed E-state index contributed by atoms with van der Waals surface area (Å²) in [6, 6.07) is 24.4. The molecule has 11 heteroatoms. The number of para-hydroxylation sites is 1. The van der Waals surface area contributed by atoms with Crippen LogP contribution in [-0.4, -0.2) is 88.6 Å². The van der Waals surface area contributed by atoms with Crippen LogP contribution in [0.25, 0.3) is 17.1 Å². The van der Waals surface area contributed by atoms with E-state index < -0.39 is 0 Å². The zero-order valence-electron chi connectivity index (χ0n) is 23.8. The molecule has 5 rings (SSSR count). The average molecular weight is 588 g/mol. The largest absolute Gasteiger partial charge is 0.497 e. The fourth-order valence-corrected chi connectivity index (χ4v) is 5.65. The highest BCUT2D eigenvalue weighted by Crippen LogP contribution is 2.30. The minimum atomic E-state index is -0.123. The van der Waals surface area contributed by atoms with Crippen LogP contribution in [0.4, 0.5) is 0 Å². The van der Waals surface area contributed by atoms with Crippen molar-refractivity contribution in [2.75, 3.05) is 46.2 Å². The molecule has 10 nitrogen and oxygen atoms in total. The Bertz CT molecular complexity index is 1510. The zero-order valence-corrected chi connectivity index (χ0v) is 24.6. The Morgan fingerprint density at radius 1 is 0.857 bits per heavy atom. The summed E-state index contributed by atoms with van der Waals surface area (Å²) in [5.41, 5.74) is 1.67. The number of hydrogen-bond acceptors (Lipinski definition) is 8. The van der Waals surface area contributed by atoms with Gasteiger partial charge in [0.15, 0.2) is 17.6 Å². The fraction of sp³-hybridized carbons (Fsp3) is 0.290. The van der Waals surface area contributed by atoms with Crippen molar-refractivity contribution in [1.82, 2.24) is 24.6 Å². The molecular weight excluding hydrogens is 554 g/mol. The summed E-state index contributed by atoms with van der Waals surface area (Å²) in [5, 5.41) is 9.51. The summed E-state index contributed by atoms with van der Waals surface area (Å²) in [6.45, 7) is 3.29. The molecule has 1 saturated heterocycles. The van der Waals surface area contributed by atoms with Gasteiger partial charge in [-0.1, -0.05) is 42.1 Å². The number of piperazine rings is 1. The number of aromatic nitrogens is 3. The maximum absolute atomic E-state index is 13.3. The Morgan fingerprint density at radius 3 is 2.31 bits per heavy atom. The number of nitrogens with zero attached hydrogens (tertiary/aromatic N) is 5. The number of amides is 2. The Kier molecular flexibility index (Phi) is 9.28. The van der Waals surface area contributed by atoms with Crippen LogP contribution in [0.3, 0.4) is 0 Å². The highest BCUT2D eigenvalue weighted by molar-refractivity contribution is 7.99. The van der Waals surface area contributed by atoms with E-state index in [1.165, 1.54) is 11.8 Å². The Labute approximate surface area is 249 Å². The Hall–Kier alpha value is -4.51. The number of benzene rings is 3. The van der Waals surface area contributed by atoms with Crippen molar-refractivity contribution in [3.63, 3.8) is 0 Å². The number of methoxy groups -OCH3 is 2. The second-order valence-electron chi connectivity index (χ2n) is 9.74. The molecular formula is C31H33N5O5S. The predicted octanol–water partition coefficient (Wildman–Crippen LogP) is 4.18. The van der Waals surface area contributed by atoms with Gasteiger partial charge in [0.25, 0.3) is 5.91 Å². The van der Waals surface area contributed by atoms with E-state index in [-0.39, 0.29) is 30.2 Å². The number of carbonyl (C=O) groups is 2. The number of thioether (sulfide) groups is 1. The van der Waals surface area contributed by atoms with E-state index in [0.29, 0.717) is 42.1 Å². The fourth-order valence-electron chi connectivity index (χ4n) is 4.79. The highest BCUT2D eigenvalue weighted by Gasteiger charge is 2.30. The third-order valence-electron chi connectivity index (χ3n) is 7.02. The molecule has 1 aromatic heterocycles. The molecule has 218 valence electrons. The van der Waals surface area contributed by atoms with E-state index in [0.717, 1.165) is 17.0 Å². The summed E-state index contributed by atoms with van der Waals surface area (Å²) in [6.07, 6.45) is 0. The Balaban J connectivity index is 1.25. The van der Waals surface area contributed by atoms with Gasteiger partial charge in [0.1, 0.15) is 17.2 Å². The topological polar surface area (TPSA) is 99.0 Å². The molecule has 1 aliphatic rings. The van der Waals surface area contributed by atoms with Crippen LogP contribution < -0.4 is 14.2 Å². The molecule has 2 heterocycles. The molecule has 0 radical (unpaired) electrons. The molecule has 0 saturated carbocycles. The molecule has 3 aromatic carbocycles. The third-order valence-corrected chi connectivity index (χ3v) is 7.94. The van der Waals surface area contributed by atoms with Crippen LogP contribution in [0, 0.1) is 0 Å². The first-order chi connectivity index (χ1) is 20.5. The van der Waals surface area contributed by atoms with Gasteiger partial charge in [0, 0.05) is 36.9 Å². The summed E-state index contributed by atoms with van der Waals surface area (Å²) >= 11 is 1.33. The van der Waals surface area contributed by atoms with E-state index in [1.807, 2.05) is 90.4 Å². The number of carbonyl (C=O) groups excluding carboxylic acids is 2. The first-order valence-electron chi connectivity index (χ1n) is 13.6. The van der Waals surface area contributed by atoms with Crippen LogP contribution in [0.1, 0.15) is 6.92 Å². The van der Waals surface area contributed by atoms with E-state index in [4.69, 9.17) is 14.2 Å². The standard InChI is InChI=1S/C31H33N5O5S/c1-22-19-34(16-17-35(22)28(37)20-41-26-9-5-4-6-10-26)29(38)21-42-31-33-32-30(23-8-7-11-27(18-23)40-3)36(31)24-12-14-25(39-2)15-13-24/h4-15,18,22H,16-17,19-21H2,1-3H3. The van der Waals surface area contributed by atoms with Gasteiger partial charge < -0.3 is 24.0 Å². The van der Waals surface area contributed by atoms with Crippen LogP contribution in [0.2, 0.25) is 0 Å². The van der Waals surface area contributed by atoms with Crippen molar-refractivity contribution in [3.8, 4) is 34.3 Å². The third kappa shape index (κ3) is 6.68. The molecule has 0 aliphatic carbocycles. The molecule has 1 aliphatic heterocycles. The van der Waals surface area contributed by atoms with Crippen molar-refractivity contribution in [3.05, 3.63) is 78.9 Å². The summed E-state index contributed by atoms with van der Waals surface area (Å²) in [4.78, 5) is 29.7. The van der Waals surface area contributed by atoms with Crippen molar-refractivity contribution >= 4 is 23.6 Å². The molecule has 1 unspecified atom stereocenters. The lowest BCUT2D eigenvalue weighted by Crippen LogP contribution is -2.56. The molecule has 4 aromatic rings. The van der Waals surface area contributed by atoms with Gasteiger partial charge in [-0.2, -0.15) is 0 Å². The van der Waals surface area contributed by atoms with Crippen molar-refractivity contribution in [2.45, 2.75) is 18.1 Å². The minimum Gasteiger partial charge on any atom is -0.497 e. The monoisotopic (exact) mass is 587 g/mol. The zero-order chi connectivity index (χ0) is 29.5. The van der Waals surface area contributed by atoms with Crippen molar-refractivity contribution in [1.29, 1.82) is 0 Å². The van der Waals surface area contributed by atoms with E-state index in [2.05, 4.69) is 10.2 Å². The second-order valence-corrected chi connectivity index (χ2v) is 10.7. The maximum atomic E-state index is 13.3. The average Bonchev–Trinajstić information content (AvgIpc) is 3.47. The van der Waals surface area contributed by atoms with Crippen LogP contribution in [-0.2, 0) is 9.59 Å². The van der Waals surface area contributed by atoms with Crippen LogP contribution in [0.15, 0.2) is 84.0 Å². The van der Waals surface area contributed by atoms with E-state index >= 15 is 0 Å². The SMILES string of the molecule is COc1ccc(-n2c(SCC(=O)N3CCN(C(=O)COc4ccccc4)C(C)C3)nnc2-c2cccc(OC)c2)cc1. The summed E-state index contributed by atoms with van der Waals surface area (Å²) < 4.78 is 18.3. The molecule has 0 spiro atoms. The highest BCUT2D eigenvalue weighted by atomic mass is 32.2. The van der Waals surface area contributed by atoms with Gasteiger partial charge in [-0.05, 0) is 55.5 Å². The lowest BCUT2D eigenvalue weighted by atomic mass is 10.2. The minimum absolute atomic E-state index is 0.0216. The van der Waals surface area contributed by atoms with Gasteiger partial charge in [0.05, 0.1) is 20.0 Å². The van der Waals surface area contributed by atoms with Crippen molar-refractivity contribution < 1.29 is 23.8 Å². The molecule has 1 atom stereocenters. The molecule has 0 bridgehead atoms. The second kappa shape index (κ2) is 13.4. The summed E-state index contributed by atoms with van der Waals surface area (Å²) in [7, 11) is 3.24. The van der Waals surface area contributed by atoms with E-state index in [9.17, 15) is 9.59 Å². The van der Waals surface area contributed by atoms with Crippen LogP contribution in [0.5, 0.6) is 17.2 Å². The smallest absolute Gasteiger partial charge is 0.260 e. The van der Waals surface area contributed by atoms with Gasteiger partial charge >= 0.3 is 0 Å². The molecule has 42 heavy (non-hydrogen) atoms. The number of hydrogen-bond donors (Lipinski definition) is 0. The van der Waals surface area contributed by atoms with Gasteiger partial charge in [0.2, 0.25) is 5.91 Å². The quantitative estimate of drug-likeness (QED) is 0.255. The normalized spacial score (nSPS) is 14.9. The summed E-state index contributed by atoms with van der Waals surface area (Å²) in [5.74, 6) is 2.80. The first kappa shape index (κ1) is 29.0. The first-order valence-corrected chi connectivity index (χ1v) is 14.6. The molecule has 1 fully saturated rings. The number of ether oxygens (including phenoxy) is 3. The molecule has 2 amide bonds. The van der Waals surface area contributed by atoms with Crippen molar-refractivity contribution in [2.24, 2.45) is 0 Å². The number of rotatable bonds is 10. The lowest BCUT2D eigenvalue weighted by molar-refractivity contribution is -0.142.